The molecule has 0 radical (unpaired) electrons. The lowest BCUT2D eigenvalue weighted by Crippen LogP contribution is -2.54. The van der Waals surface area contributed by atoms with E-state index in [2.05, 4.69) is 19.9 Å². The number of hydrogen-bond acceptors (Lipinski definition) is 6. The highest BCUT2D eigenvalue weighted by Gasteiger charge is 2.58. The Morgan fingerprint density at radius 1 is 0.904 bits per heavy atom. The van der Waals surface area contributed by atoms with Crippen molar-refractivity contribution < 1.29 is 29.0 Å². The van der Waals surface area contributed by atoms with Crippen LogP contribution in [0.25, 0.3) is 10.8 Å². The number of aliphatic hydroxyl groups excluding tert-OH is 1. The zero-order chi connectivity index (χ0) is 36.3. The SMILES string of the molecule is CC1=CCCC2(C)C(CCC2(O)CN(Cc2ccccc2)C(=O)Oc2ccc3ccccc3c2)c2ccc(cc2C(=O)c2ccco2)CC(O)CC1. The highest BCUT2D eigenvalue weighted by molar-refractivity contribution is 6.08. The predicted octanol–water partition coefficient (Wildman–Crippen LogP) is 9.40. The first-order valence-corrected chi connectivity index (χ1v) is 18.4. The summed E-state index contributed by atoms with van der Waals surface area (Å²) in [6.07, 6.45) is 6.84. The molecule has 2 bridgehead atoms. The van der Waals surface area contributed by atoms with Crippen LogP contribution >= 0.6 is 0 Å². The fraction of sp³-hybridized carbons (Fsp3) is 0.333. The zero-order valence-corrected chi connectivity index (χ0v) is 30.0. The summed E-state index contributed by atoms with van der Waals surface area (Å²) in [6, 6.07) is 32.6. The van der Waals surface area contributed by atoms with Crippen LogP contribution in [0.15, 0.2) is 125 Å². The van der Waals surface area contributed by atoms with Crippen LogP contribution in [0.4, 0.5) is 4.79 Å². The summed E-state index contributed by atoms with van der Waals surface area (Å²) < 4.78 is 11.6. The van der Waals surface area contributed by atoms with Gasteiger partial charge in [0.05, 0.1) is 24.5 Å². The molecule has 2 N–H and O–H groups in total. The number of fused-ring (bicyclic) bond motifs is 9. The van der Waals surface area contributed by atoms with Gasteiger partial charge < -0.3 is 24.3 Å². The lowest BCUT2D eigenvalue weighted by molar-refractivity contribution is -0.0802. The van der Waals surface area contributed by atoms with Gasteiger partial charge in [0.25, 0.3) is 0 Å². The van der Waals surface area contributed by atoms with Crippen LogP contribution in [0, 0.1) is 5.41 Å². The number of amides is 1. The van der Waals surface area contributed by atoms with Crippen molar-refractivity contribution in [2.75, 3.05) is 6.54 Å². The number of nitrogens with zero attached hydrogens (tertiary/aromatic N) is 1. The van der Waals surface area contributed by atoms with Crippen LogP contribution in [-0.4, -0.2) is 45.2 Å². The maximum atomic E-state index is 14.2. The second-order valence-corrected chi connectivity index (χ2v) is 15.0. The minimum Gasteiger partial charge on any atom is -0.461 e. The van der Waals surface area contributed by atoms with Crippen LogP contribution in [0.1, 0.15) is 91.1 Å². The molecule has 5 aromatic rings. The van der Waals surface area contributed by atoms with Crippen molar-refractivity contribution in [3.8, 4) is 5.75 Å². The molecule has 4 unspecified atom stereocenters. The summed E-state index contributed by atoms with van der Waals surface area (Å²) >= 11 is 0. The van der Waals surface area contributed by atoms with E-state index in [0.29, 0.717) is 49.8 Å². The first kappa shape index (κ1) is 35.4. The normalized spacial score (nSPS) is 23.4. The van der Waals surface area contributed by atoms with E-state index in [0.717, 1.165) is 33.9 Å². The quantitative estimate of drug-likeness (QED) is 0.130. The number of rotatable bonds is 7. The number of ketones is 1. The molecule has 3 aliphatic rings. The number of benzene rings is 4. The van der Waals surface area contributed by atoms with Gasteiger partial charge in [-0.05, 0) is 116 Å². The number of carbonyl (C=O) groups is 2. The maximum Gasteiger partial charge on any atom is 0.415 e. The van der Waals surface area contributed by atoms with Gasteiger partial charge in [-0.1, -0.05) is 91.4 Å². The molecule has 7 heteroatoms. The topological polar surface area (TPSA) is 100 Å². The molecule has 4 atom stereocenters. The first-order valence-electron chi connectivity index (χ1n) is 18.4. The Kier molecular flexibility index (Phi) is 10.2. The fourth-order valence-electron chi connectivity index (χ4n) is 8.44. The Labute approximate surface area is 305 Å². The molecule has 0 spiro atoms. The Morgan fingerprint density at radius 2 is 1.69 bits per heavy atom. The average Bonchev–Trinajstić information content (AvgIpc) is 3.77. The molecule has 7 nitrogen and oxygen atoms in total. The third kappa shape index (κ3) is 7.34. The summed E-state index contributed by atoms with van der Waals surface area (Å²) in [5.74, 6) is 0.270. The van der Waals surface area contributed by atoms with Crippen LogP contribution in [0.5, 0.6) is 5.75 Å². The number of furan rings is 1. The Hall–Kier alpha value is -4.98. The van der Waals surface area contributed by atoms with E-state index in [1.165, 1.54) is 11.8 Å². The number of carbonyl (C=O) groups excluding carboxylic acids is 2. The molecule has 4 aromatic carbocycles. The van der Waals surface area contributed by atoms with Crippen LogP contribution in [-0.2, 0) is 13.0 Å². The van der Waals surface area contributed by atoms with E-state index in [4.69, 9.17) is 9.15 Å². The molecule has 1 amide bonds. The van der Waals surface area contributed by atoms with Gasteiger partial charge in [0, 0.05) is 17.5 Å². The largest absolute Gasteiger partial charge is 0.461 e. The molecule has 0 aliphatic heterocycles. The third-order valence-electron chi connectivity index (χ3n) is 11.5. The number of ether oxygens (including phenoxy) is 1. The van der Waals surface area contributed by atoms with Crippen molar-refractivity contribution in [1.82, 2.24) is 4.90 Å². The molecule has 1 heterocycles. The van der Waals surface area contributed by atoms with Gasteiger partial charge in [0.2, 0.25) is 5.78 Å². The Balaban J connectivity index is 1.27. The smallest absolute Gasteiger partial charge is 0.415 e. The average molecular weight is 698 g/mol. The van der Waals surface area contributed by atoms with Gasteiger partial charge in [-0.15, -0.1) is 0 Å². The molecule has 3 aliphatic carbocycles. The highest BCUT2D eigenvalue weighted by atomic mass is 16.6. The van der Waals surface area contributed by atoms with E-state index in [9.17, 15) is 19.8 Å². The fourth-order valence-corrected chi connectivity index (χ4v) is 8.44. The molecule has 1 saturated carbocycles. The van der Waals surface area contributed by atoms with Gasteiger partial charge in [0.15, 0.2) is 5.76 Å². The number of allylic oxidation sites excluding steroid dienone is 2. The molecule has 1 aromatic heterocycles. The van der Waals surface area contributed by atoms with E-state index in [1.807, 2.05) is 84.9 Å². The molecule has 52 heavy (non-hydrogen) atoms. The molecule has 1 fully saturated rings. The zero-order valence-electron chi connectivity index (χ0n) is 30.0. The van der Waals surface area contributed by atoms with Gasteiger partial charge in [-0.25, -0.2) is 4.79 Å². The lowest BCUT2D eigenvalue weighted by atomic mass is 9.64. The van der Waals surface area contributed by atoms with Crippen LogP contribution in [0.2, 0.25) is 0 Å². The standard InChI is InChI=1S/C45H47NO6/c1-31-10-8-23-44(2)40(38-21-17-33(26-36(47)19-16-31)27-39(38)42(48)41-15-9-25-51-41)22-24-45(44,50)30-46(29-32-11-4-3-5-12-32)43(49)52-37-20-18-34-13-6-7-14-35(34)28-37/h3-7,9-15,17-18,20-21,25,27-28,36,40,47,50H,8,16,19,22-24,26,29-30H2,1-2H3. The highest BCUT2D eigenvalue weighted by Crippen LogP contribution is 2.59. The lowest BCUT2D eigenvalue weighted by Gasteiger charge is -2.46. The summed E-state index contributed by atoms with van der Waals surface area (Å²) in [6.45, 7) is 4.52. The summed E-state index contributed by atoms with van der Waals surface area (Å²) in [5.41, 5.74) is 2.34. The van der Waals surface area contributed by atoms with E-state index < -0.39 is 23.2 Å². The van der Waals surface area contributed by atoms with Crippen molar-refractivity contribution in [3.63, 3.8) is 0 Å². The van der Waals surface area contributed by atoms with Gasteiger partial charge >= 0.3 is 6.09 Å². The molecular formula is C45H47NO6. The van der Waals surface area contributed by atoms with Crippen molar-refractivity contribution in [3.05, 3.63) is 149 Å². The Morgan fingerprint density at radius 3 is 2.48 bits per heavy atom. The minimum absolute atomic E-state index is 0.0513. The van der Waals surface area contributed by atoms with Crippen LogP contribution in [0.3, 0.4) is 0 Å². The second-order valence-electron chi connectivity index (χ2n) is 15.0. The molecular weight excluding hydrogens is 650 g/mol. The molecule has 0 saturated heterocycles. The van der Waals surface area contributed by atoms with Gasteiger partial charge in [0.1, 0.15) is 5.75 Å². The number of hydrogen-bond donors (Lipinski definition) is 2. The third-order valence-corrected chi connectivity index (χ3v) is 11.5. The summed E-state index contributed by atoms with van der Waals surface area (Å²) in [7, 11) is 0. The minimum atomic E-state index is -1.31. The number of aliphatic hydroxyl groups is 2. The first-order chi connectivity index (χ1) is 25.1. The molecule has 8 rings (SSSR count). The predicted molar refractivity (Wildman–Crippen MR) is 202 cm³/mol. The van der Waals surface area contributed by atoms with Crippen molar-refractivity contribution in [1.29, 1.82) is 0 Å². The Bertz CT molecular complexity index is 2070. The van der Waals surface area contributed by atoms with Gasteiger partial charge in [-0.2, -0.15) is 0 Å². The maximum absolute atomic E-state index is 14.2. The molecule has 268 valence electrons. The van der Waals surface area contributed by atoms with Crippen molar-refractivity contribution >= 4 is 22.6 Å². The van der Waals surface area contributed by atoms with E-state index >= 15 is 0 Å². The van der Waals surface area contributed by atoms with E-state index in [-0.39, 0.29) is 30.6 Å². The summed E-state index contributed by atoms with van der Waals surface area (Å²) in [5, 5.41) is 25.9. The van der Waals surface area contributed by atoms with E-state index in [1.54, 1.807) is 23.1 Å². The van der Waals surface area contributed by atoms with Gasteiger partial charge in [-0.3, -0.25) is 4.79 Å². The van der Waals surface area contributed by atoms with Crippen LogP contribution < -0.4 is 4.74 Å². The summed E-state index contributed by atoms with van der Waals surface area (Å²) in [4.78, 5) is 29.9. The second kappa shape index (κ2) is 14.9. The van der Waals surface area contributed by atoms with Crippen molar-refractivity contribution in [2.45, 2.75) is 83.0 Å². The monoisotopic (exact) mass is 697 g/mol. The van der Waals surface area contributed by atoms with Crippen molar-refractivity contribution in [2.24, 2.45) is 5.41 Å².